The molecule has 0 saturated heterocycles. The summed E-state index contributed by atoms with van der Waals surface area (Å²) in [4.78, 5) is 10.1. The number of hydrogen-bond donors (Lipinski definition) is 0. The Morgan fingerprint density at radius 3 is 1.76 bits per heavy atom. The quantitative estimate of drug-likeness (QED) is 0.194. The molecule has 0 N–H and O–H groups in total. The molecular weight excluding hydrogens is 597 g/mol. The van der Waals surface area contributed by atoms with Crippen molar-refractivity contribution in [1.82, 2.24) is 9.97 Å². The zero-order valence-corrected chi connectivity index (χ0v) is 27.2. The highest BCUT2D eigenvalue weighted by molar-refractivity contribution is 6.07. The first-order valence-electron chi connectivity index (χ1n) is 17.4. The molecule has 2 aliphatic rings. The Hall–Kier alpha value is -5.80. The first kappa shape index (κ1) is 28.2. The van der Waals surface area contributed by atoms with Crippen LogP contribution in [0.2, 0.25) is 0 Å². The van der Waals surface area contributed by atoms with E-state index in [2.05, 4.69) is 121 Å². The molecule has 2 aromatic heterocycles. The summed E-state index contributed by atoms with van der Waals surface area (Å²) in [5.74, 6) is 0.714. The van der Waals surface area contributed by atoms with Crippen LogP contribution in [0.25, 0.3) is 78.1 Å². The fraction of sp³-hybridized carbons (Fsp3) is 0.130. The van der Waals surface area contributed by atoms with Crippen molar-refractivity contribution in [2.45, 2.75) is 37.5 Å². The minimum Gasteiger partial charge on any atom is -0.456 e. The molecule has 0 bridgehead atoms. The van der Waals surface area contributed by atoms with E-state index in [1.54, 1.807) is 0 Å². The fourth-order valence-corrected chi connectivity index (χ4v) is 8.51. The first-order chi connectivity index (χ1) is 24.2. The average Bonchev–Trinajstić information content (AvgIpc) is 3.67. The number of benzene rings is 6. The first-order valence-corrected chi connectivity index (χ1v) is 17.4. The van der Waals surface area contributed by atoms with Gasteiger partial charge in [-0.3, -0.25) is 0 Å². The molecule has 6 aromatic carbocycles. The lowest BCUT2D eigenvalue weighted by atomic mass is 9.67. The molecular formula is C46H34N2O. The van der Waals surface area contributed by atoms with E-state index in [0.29, 0.717) is 5.82 Å². The summed E-state index contributed by atoms with van der Waals surface area (Å²) in [6.07, 6.45) is 6.38. The highest BCUT2D eigenvalue weighted by Crippen LogP contribution is 2.56. The number of hydrogen-bond acceptors (Lipinski definition) is 3. The maximum Gasteiger partial charge on any atom is 0.160 e. The molecule has 8 aromatic rings. The van der Waals surface area contributed by atoms with Crippen molar-refractivity contribution in [3.63, 3.8) is 0 Å². The van der Waals surface area contributed by atoms with Crippen molar-refractivity contribution in [1.29, 1.82) is 0 Å². The third-order valence-corrected chi connectivity index (χ3v) is 10.9. The van der Waals surface area contributed by atoms with E-state index in [1.807, 2.05) is 24.3 Å². The van der Waals surface area contributed by atoms with Gasteiger partial charge in [0.15, 0.2) is 5.82 Å². The van der Waals surface area contributed by atoms with E-state index in [1.165, 1.54) is 65.5 Å². The molecule has 1 saturated carbocycles. The summed E-state index contributed by atoms with van der Waals surface area (Å²) in [5.41, 5.74) is 15.1. The molecule has 0 aliphatic heterocycles. The zero-order chi connectivity index (χ0) is 32.4. The summed E-state index contributed by atoms with van der Waals surface area (Å²) >= 11 is 0. The van der Waals surface area contributed by atoms with Crippen LogP contribution in [0.1, 0.15) is 43.2 Å². The summed E-state index contributed by atoms with van der Waals surface area (Å²) in [6.45, 7) is 0. The van der Waals surface area contributed by atoms with Crippen LogP contribution in [0.3, 0.4) is 0 Å². The van der Waals surface area contributed by atoms with Crippen LogP contribution in [0.15, 0.2) is 150 Å². The Bertz CT molecular complexity index is 2470. The van der Waals surface area contributed by atoms with E-state index < -0.39 is 0 Å². The Morgan fingerprint density at radius 2 is 1.00 bits per heavy atom. The van der Waals surface area contributed by atoms with Gasteiger partial charge in [0.25, 0.3) is 0 Å². The lowest BCUT2D eigenvalue weighted by Gasteiger charge is -2.36. The second-order valence-electron chi connectivity index (χ2n) is 13.7. The van der Waals surface area contributed by atoms with Crippen molar-refractivity contribution >= 4 is 21.9 Å². The fourth-order valence-electron chi connectivity index (χ4n) is 8.51. The predicted molar refractivity (Wildman–Crippen MR) is 200 cm³/mol. The Morgan fingerprint density at radius 1 is 0.429 bits per heavy atom. The standard InChI is InChI=1S/C46H34N2O/c1-4-12-30(13-5-1)41-29-42(48-45(47-41)31-14-6-2-7-15-31)34-20-23-44-38(27-34)37-26-32(19-22-43(37)49-44)33-18-21-36-35-16-8-9-17-39(35)46(40(36)28-33)24-10-3-11-25-46/h1-2,4-9,12-23,26-29H,3,10-11,24-25H2. The molecule has 1 fully saturated rings. The van der Waals surface area contributed by atoms with Crippen LogP contribution in [-0.2, 0) is 5.41 Å². The molecule has 2 heterocycles. The molecule has 0 unspecified atom stereocenters. The molecule has 0 atom stereocenters. The average molecular weight is 631 g/mol. The van der Waals surface area contributed by atoms with Crippen LogP contribution in [0.5, 0.6) is 0 Å². The van der Waals surface area contributed by atoms with Crippen molar-refractivity contribution in [3.8, 4) is 56.2 Å². The number of nitrogens with zero attached hydrogens (tertiary/aromatic N) is 2. The highest BCUT2D eigenvalue weighted by Gasteiger charge is 2.43. The normalized spacial score (nSPS) is 14.7. The third-order valence-electron chi connectivity index (χ3n) is 10.9. The van der Waals surface area contributed by atoms with Gasteiger partial charge in [-0.15, -0.1) is 0 Å². The van der Waals surface area contributed by atoms with Gasteiger partial charge in [-0.1, -0.05) is 122 Å². The molecule has 3 heteroatoms. The Kier molecular flexibility index (Phi) is 6.42. The van der Waals surface area contributed by atoms with Gasteiger partial charge >= 0.3 is 0 Å². The SMILES string of the molecule is c1ccc(-c2cc(-c3ccc4oc5ccc(-c6ccc7c(c6)C6(CCCCC6)c6ccccc6-7)cc5c4c3)nc(-c3ccccc3)n2)cc1. The minimum absolute atomic E-state index is 0.135. The molecule has 49 heavy (non-hydrogen) atoms. The zero-order valence-electron chi connectivity index (χ0n) is 27.2. The van der Waals surface area contributed by atoms with Crippen LogP contribution >= 0.6 is 0 Å². The van der Waals surface area contributed by atoms with E-state index in [9.17, 15) is 0 Å². The van der Waals surface area contributed by atoms with Crippen molar-refractivity contribution in [2.75, 3.05) is 0 Å². The summed E-state index contributed by atoms with van der Waals surface area (Å²) < 4.78 is 6.39. The van der Waals surface area contributed by atoms with E-state index in [4.69, 9.17) is 14.4 Å². The van der Waals surface area contributed by atoms with Gasteiger partial charge in [0.1, 0.15) is 11.2 Å². The van der Waals surface area contributed by atoms with Gasteiger partial charge in [-0.25, -0.2) is 9.97 Å². The smallest absolute Gasteiger partial charge is 0.160 e. The van der Waals surface area contributed by atoms with Gasteiger partial charge in [0, 0.05) is 32.9 Å². The minimum atomic E-state index is 0.135. The summed E-state index contributed by atoms with van der Waals surface area (Å²) in [5, 5.41) is 2.21. The largest absolute Gasteiger partial charge is 0.456 e. The van der Waals surface area contributed by atoms with Crippen molar-refractivity contribution < 1.29 is 4.42 Å². The number of rotatable bonds is 4. The maximum atomic E-state index is 6.39. The summed E-state index contributed by atoms with van der Waals surface area (Å²) in [6, 6.07) is 52.0. The van der Waals surface area contributed by atoms with Gasteiger partial charge in [-0.05, 0) is 88.7 Å². The lowest BCUT2D eigenvalue weighted by Crippen LogP contribution is -2.28. The van der Waals surface area contributed by atoms with Crippen LogP contribution < -0.4 is 0 Å². The van der Waals surface area contributed by atoms with Crippen LogP contribution in [0.4, 0.5) is 0 Å². The number of aromatic nitrogens is 2. The maximum absolute atomic E-state index is 6.39. The predicted octanol–water partition coefficient (Wildman–Crippen LogP) is 12.3. The topological polar surface area (TPSA) is 38.9 Å². The van der Waals surface area contributed by atoms with Crippen molar-refractivity contribution in [2.24, 2.45) is 0 Å². The Labute approximate surface area is 285 Å². The second-order valence-corrected chi connectivity index (χ2v) is 13.7. The molecule has 10 rings (SSSR count). The van der Waals surface area contributed by atoms with Crippen LogP contribution in [-0.4, -0.2) is 9.97 Å². The molecule has 1 spiro atoms. The van der Waals surface area contributed by atoms with E-state index in [0.717, 1.165) is 50.0 Å². The third kappa shape index (κ3) is 4.57. The van der Waals surface area contributed by atoms with Gasteiger partial charge in [0.05, 0.1) is 11.4 Å². The highest BCUT2D eigenvalue weighted by atomic mass is 16.3. The van der Waals surface area contributed by atoms with Crippen LogP contribution in [0, 0.1) is 0 Å². The lowest BCUT2D eigenvalue weighted by molar-refractivity contribution is 0.353. The molecule has 234 valence electrons. The van der Waals surface area contributed by atoms with E-state index in [-0.39, 0.29) is 5.41 Å². The van der Waals surface area contributed by atoms with Gasteiger partial charge < -0.3 is 4.42 Å². The van der Waals surface area contributed by atoms with Gasteiger partial charge in [0.2, 0.25) is 0 Å². The molecule has 0 radical (unpaired) electrons. The molecule has 2 aliphatic carbocycles. The number of furan rings is 1. The number of fused-ring (bicyclic) bond motifs is 8. The summed E-state index contributed by atoms with van der Waals surface area (Å²) in [7, 11) is 0. The van der Waals surface area contributed by atoms with E-state index >= 15 is 0 Å². The monoisotopic (exact) mass is 630 g/mol. The second kappa shape index (κ2) is 11.1. The van der Waals surface area contributed by atoms with Gasteiger partial charge in [-0.2, -0.15) is 0 Å². The Balaban J connectivity index is 1.10. The molecule has 0 amide bonds. The molecule has 3 nitrogen and oxygen atoms in total. The van der Waals surface area contributed by atoms with Crippen molar-refractivity contribution in [3.05, 3.63) is 157 Å².